The molecule has 0 unspecified atom stereocenters. The Morgan fingerprint density at radius 1 is 1.30 bits per heavy atom. The van der Waals surface area contributed by atoms with Crippen molar-refractivity contribution in [3.8, 4) is 0 Å². The fourth-order valence-electron chi connectivity index (χ4n) is 1.94. The zero-order valence-corrected chi connectivity index (χ0v) is 12.8. The molecule has 5 heteroatoms. The highest BCUT2D eigenvalue weighted by atomic mass is 32.2. The second-order valence-corrected chi connectivity index (χ2v) is 5.76. The van der Waals surface area contributed by atoms with Gasteiger partial charge >= 0.3 is 0 Å². The zero-order valence-electron chi connectivity index (χ0n) is 12.0. The maximum Gasteiger partial charge on any atom is 0.234 e. The van der Waals surface area contributed by atoms with E-state index in [1.165, 1.54) is 11.1 Å². The molecule has 0 saturated carbocycles. The number of hydrogen-bond donors (Lipinski definition) is 2. The molecule has 0 aliphatic carbocycles. The Balaban J connectivity index is 1.83. The van der Waals surface area contributed by atoms with Crippen molar-refractivity contribution in [2.24, 2.45) is 0 Å². The van der Waals surface area contributed by atoms with Gasteiger partial charge in [0.25, 0.3) is 0 Å². The topological polar surface area (TPSA) is 57.8 Å². The molecular weight excluding hydrogens is 270 g/mol. The SMILES string of the molecule is Cc1ccccc1CSCC(=O)Nc1c(C)n[nH]c1C. The van der Waals surface area contributed by atoms with Crippen LogP contribution in [0.3, 0.4) is 0 Å². The summed E-state index contributed by atoms with van der Waals surface area (Å²) in [5.41, 5.74) is 5.05. The lowest BCUT2D eigenvalue weighted by Gasteiger charge is -2.07. The number of rotatable bonds is 5. The summed E-state index contributed by atoms with van der Waals surface area (Å²) in [7, 11) is 0. The molecule has 0 saturated heterocycles. The molecule has 0 atom stereocenters. The molecule has 1 amide bonds. The number of thioether (sulfide) groups is 1. The molecule has 1 aromatic heterocycles. The third-order valence-corrected chi connectivity index (χ3v) is 4.13. The van der Waals surface area contributed by atoms with Crippen LogP contribution >= 0.6 is 11.8 Å². The lowest BCUT2D eigenvalue weighted by atomic mass is 10.1. The van der Waals surface area contributed by atoms with Crippen LogP contribution in [-0.2, 0) is 10.5 Å². The monoisotopic (exact) mass is 289 g/mol. The second-order valence-electron chi connectivity index (χ2n) is 4.78. The molecular formula is C15H19N3OS. The average molecular weight is 289 g/mol. The van der Waals surface area contributed by atoms with Gasteiger partial charge in [-0.15, -0.1) is 11.8 Å². The van der Waals surface area contributed by atoms with Crippen LogP contribution in [0.25, 0.3) is 0 Å². The number of aromatic nitrogens is 2. The standard InChI is InChI=1S/C15H19N3OS/c1-10-6-4-5-7-13(10)8-20-9-14(19)16-15-11(2)17-18-12(15)3/h4-7H,8-9H2,1-3H3,(H,16,19)(H,17,18). The van der Waals surface area contributed by atoms with Crippen molar-refractivity contribution in [3.63, 3.8) is 0 Å². The summed E-state index contributed by atoms with van der Waals surface area (Å²) in [6.07, 6.45) is 0. The van der Waals surface area contributed by atoms with Gasteiger partial charge in [-0.25, -0.2) is 0 Å². The van der Waals surface area contributed by atoms with E-state index < -0.39 is 0 Å². The van der Waals surface area contributed by atoms with Crippen molar-refractivity contribution >= 4 is 23.4 Å². The lowest BCUT2D eigenvalue weighted by molar-refractivity contribution is -0.113. The quantitative estimate of drug-likeness (QED) is 0.888. The molecule has 1 aromatic carbocycles. The van der Waals surface area contributed by atoms with E-state index in [0.717, 1.165) is 22.8 Å². The first-order chi connectivity index (χ1) is 9.58. The van der Waals surface area contributed by atoms with Gasteiger partial charge in [0, 0.05) is 5.75 Å². The zero-order chi connectivity index (χ0) is 14.5. The molecule has 0 bridgehead atoms. The molecule has 20 heavy (non-hydrogen) atoms. The van der Waals surface area contributed by atoms with E-state index in [9.17, 15) is 4.79 Å². The summed E-state index contributed by atoms with van der Waals surface area (Å²) < 4.78 is 0. The van der Waals surface area contributed by atoms with Gasteiger partial charge in [-0.2, -0.15) is 5.10 Å². The minimum absolute atomic E-state index is 0.0104. The fourth-order valence-corrected chi connectivity index (χ4v) is 2.84. The highest BCUT2D eigenvalue weighted by molar-refractivity contribution is 7.99. The number of carbonyl (C=O) groups excluding carboxylic acids is 1. The summed E-state index contributed by atoms with van der Waals surface area (Å²) in [6, 6.07) is 8.25. The lowest BCUT2D eigenvalue weighted by Crippen LogP contribution is -2.15. The van der Waals surface area contributed by atoms with Crippen LogP contribution < -0.4 is 5.32 Å². The van der Waals surface area contributed by atoms with Gasteiger partial charge in [-0.05, 0) is 31.9 Å². The first kappa shape index (κ1) is 14.7. The number of nitrogens with zero attached hydrogens (tertiary/aromatic N) is 1. The van der Waals surface area contributed by atoms with E-state index in [2.05, 4.69) is 34.6 Å². The van der Waals surface area contributed by atoms with E-state index in [-0.39, 0.29) is 5.91 Å². The van der Waals surface area contributed by atoms with Crippen LogP contribution in [0.15, 0.2) is 24.3 Å². The summed E-state index contributed by atoms with van der Waals surface area (Å²) in [5.74, 6) is 1.30. The van der Waals surface area contributed by atoms with Crippen molar-refractivity contribution in [1.82, 2.24) is 10.2 Å². The van der Waals surface area contributed by atoms with Crippen LogP contribution in [0, 0.1) is 20.8 Å². The number of aryl methyl sites for hydroxylation is 3. The molecule has 2 rings (SSSR count). The van der Waals surface area contributed by atoms with Crippen molar-refractivity contribution in [2.75, 3.05) is 11.1 Å². The number of carbonyl (C=O) groups is 1. The third kappa shape index (κ3) is 3.63. The van der Waals surface area contributed by atoms with Gasteiger partial charge < -0.3 is 5.32 Å². The van der Waals surface area contributed by atoms with Gasteiger partial charge in [-0.3, -0.25) is 9.89 Å². The summed E-state index contributed by atoms with van der Waals surface area (Å²) in [5, 5.41) is 9.83. The molecule has 0 fully saturated rings. The van der Waals surface area contributed by atoms with Crippen LogP contribution in [0.4, 0.5) is 5.69 Å². The first-order valence-electron chi connectivity index (χ1n) is 6.51. The minimum atomic E-state index is 0.0104. The molecule has 1 heterocycles. The number of aromatic amines is 1. The van der Waals surface area contributed by atoms with Gasteiger partial charge in [0.15, 0.2) is 0 Å². The molecule has 2 N–H and O–H groups in total. The van der Waals surface area contributed by atoms with E-state index in [1.54, 1.807) is 11.8 Å². The van der Waals surface area contributed by atoms with Crippen molar-refractivity contribution in [2.45, 2.75) is 26.5 Å². The Kier molecular flexibility index (Phi) is 4.84. The first-order valence-corrected chi connectivity index (χ1v) is 7.67. The molecule has 0 radical (unpaired) electrons. The Labute approximate surface area is 123 Å². The molecule has 0 spiro atoms. The molecule has 0 aliphatic heterocycles. The van der Waals surface area contributed by atoms with Crippen molar-refractivity contribution < 1.29 is 4.79 Å². The predicted octanol–water partition coefficient (Wildman–Crippen LogP) is 3.21. The Morgan fingerprint density at radius 3 is 2.70 bits per heavy atom. The number of hydrogen-bond acceptors (Lipinski definition) is 3. The molecule has 2 aromatic rings. The van der Waals surface area contributed by atoms with Gasteiger partial charge in [0.1, 0.15) is 0 Å². The Bertz CT molecular complexity index is 587. The highest BCUT2D eigenvalue weighted by Gasteiger charge is 2.10. The Hall–Kier alpha value is -1.75. The van der Waals surface area contributed by atoms with Crippen LogP contribution in [0.5, 0.6) is 0 Å². The normalized spacial score (nSPS) is 10.6. The largest absolute Gasteiger partial charge is 0.322 e. The number of amides is 1. The summed E-state index contributed by atoms with van der Waals surface area (Å²) in [6.45, 7) is 5.86. The van der Waals surface area contributed by atoms with E-state index in [4.69, 9.17) is 0 Å². The van der Waals surface area contributed by atoms with Gasteiger partial charge in [0.2, 0.25) is 5.91 Å². The van der Waals surface area contributed by atoms with Crippen LogP contribution in [0.2, 0.25) is 0 Å². The molecule has 106 valence electrons. The van der Waals surface area contributed by atoms with Gasteiger partial charge in [0.05, 0.1) is 22.8 Å². The minimum Gasteiger partial charge on any atom is -0.322 e. The number of H-pyrrole nitrogens is 1. The molecule has 0 aliphatic rings. The second kappa shape index (κ2) is 6.61. The number of anilines is 1. The number of nitrogens with one attached hydrogen (secondary N) is 2. The van der Waals surface area contributed by atoms with Crippen molar-refractivity contribution in [1.29, 1.82) is 0 Å². The van der Waals surface area contributed by atoms with Crippen LogP contribution in [0.1, 0.15) is 22.5 Å². The maximum atomic E-state index is 11.9. The summed E-state index contributed by atoms with van der Waals surface area (Å²) >= 11 is 1.62. The average Bonchev–Trinajstić information content (AvgIpc) is 2.73. The number of benzene rings is 1. The van der Waals surface area contributed by atoms with Crippen LogP contribution in [-0.4, -0.2) is 21.9 Å². The van der Waals surface area contributed by atoms with Gasteiger partial charge in [-0.1, -0.05) is 24.3 Å². The summed E-state index contributed by atoms with van der Waals surface area (Å²) in [4.78, 5) is 11.9. The van der Waals surface area contributed by atoms with E-state index in [1.807, 2.05) is 26.0 Å². The third-order valence-electron chi connectivity index (χ3n) is 3.14. The highest BCUT2D eigenvalue weighted by Crippen LogP contribution is 2.18. The van der Waals surface area contributed by atoms with E-state index >= 15 is 0 Å². The Morgan fingerprint density at radius 2 is 2.05 bits per heavy atom. The maximum absolute atomic E-state index is 11.9. The smallest absolute Gasteiger partial charge is 0.234 e. The predicted molar refractivity (Wildman–Crippen MR) is 84.0 cm³/mol. The molecule has 4 nitrogen and oxygen atoms in total. The fraction of sp³-hybridized carbons (Fsp3) is 0.333. The van der Waals surface area contributed by atoms with E-state index in [0.29, 0.717) is 5.75 Å². The van der Waals surface area contributed by atoms with Crippen molar-refractivity contribution in [3.05, 3.63) is 46.8 Å².